The molecule has 0 aliphatic rings. The minimum absolute atomic E-state index is 0. The molecule has 0 heterocycles. The molecule has 0 radical (unpaired) electrons. The van der Waals surface area contributed by atoms with E-state index in [4.69, 9.17) is 9.84 Å². The highest BCUT2D eigenvalue weighted by Crippen LogP contribution is 2.24. The van der Waals surface area contributed by atoms with Crippen LogP contribution in [0.5, 0.6) is 5.75 Å². The minimum atomic E-state index is 0. The summed E-state index contributed by atoms with van der Waals surface area (Å²) in [7, 11) is 0. The molecule has 0 saturated carbocycles. The first-order valence-electron chi connectivity index (χ1n) is 7.56. The SMILES string of the molecule is Cl.OCCCCNCc1cc(Br)ccc1OCc1ccccc1. The smallest absolute Gasteiger partial charge is 0.124 e. The number of aliphatic hydroxyl groups is 1. The average Bonchev–Trinajstić information content (AvgIpc) is 2.55. The zero-order chi connectivity index (χ0) is 15.6. The van der Waals surface area contributed by atoms with E-state index in [2.05, 4.69) is 39.4 Å². The molecule has 0 fully saturated rings. The van der Waals surface area contributed by atoms with Gasteiger partial charge in [0, 0.05) is 23.2 Å². The summed E-state index contributed by atoms with van der Waals surface area (Å²) in [5.74, 6) is 0.904. The average molecular weight is 401 g/mol. The lowest BCUT2D eigenvalue weighted by Crippen LogP contribution is -2.15. The quantitative estimate of drug-likeness (QED) is 0.616. The van der Waals surface area contributed by atoms with Gasteiger partial charge in [0.1, 0.15) is 12.4 Å². The first-order valence-corrected chi connectivity index (χ1v) is 8.35. The van der Waals surface area contributed by atoms with Crippen LogP contribution >= 0.6 is 28.3 Å². The zero-order valence-electron chi connectivity index (χ0n) is 13.0. The fraction of sp³-hybridized carbons (Fsp3) is 0.333. The predicted molar refractivity (Wildman–Crippen MR) is 100 cm³/mol. The highest BCUT2D eigenvalue weighted by molar-refractivity contribution is 9.10. The summed E-state index contributed by atoms with van der Waals surface area (Å²) in [6.45, 7) is 2.48. The van der Waals surface area contributed by atoms with Crippen LogP contribution in [-0.4, -0.2) is 18.3 Å². The third-order valence-corrected chi connectivity index (χ3v) is 3.83. The summed E-state index contributed by atoms with van der Waals surface area (Å²) in [5.41, 5.74) is 2.29. The number of halogens is 2. The topological polar surface area (TPSA) is 41.5 Å². The summed E-state index contributed by atoms with van der Waals surface area (Å²) in [4.78, 5) is 0. The van der Waals surface area contributed by atoms with E-state index in [1.165, 1.54) is 0 Å². The second kappa shape index (κ2) is 11.5. The lowest BCUT2D eigenvalue weighted by Gasteiger charge is -2.13. The number of rotatable bonds is 9. The predicted octanol–water partition coefficient (Wildman–Crippen LogP) is 4.31. The van der Waals surface area contributed by atoms with Gasteiger partial charge in [0.05, 0.1) is 0 Å². The van der Waals surface area contributed by atoms with Crippen LogP contribution in [0.25, 0.3) is 0 Å². The van der Waals surface area contributed by atoms with Crippen molar-refractivity contribution in [2.45, 2.75) is 26.0 Å². The van der Waals surface area contributed by atoms with Crippen molar-refractivity contribution in [3.05, 3.63) is 64.1 Å². The molecule has 0 atom stereocenters. The van der Waals surface area contributed by atoms with E-state index in [1.54, 1.807) is 0 Å². The number of aliphatic hydroxyl groups excluding tert-OH is 1. The van der Waals surface area contributed by atoms with Crippen molar-refractivity contribution in [1.82, 2.24) is 5.32 Å². The lowest BCUT2D eigenvalue weighted by molar-refractivity contribution is 0.283. The Morgan fingerprint density at radius 2 is 1.83 bits per heavy atom. The van der Waals surface area contributed by atoms with Crippen molar-refractivity contribution in [3.8, 4) is 5.75 Å². The van der Waals surface area contributed by atoms with Crippen LogP contribution in [0.2, 0.25) is 0 Å². The maximum Gasteiger partial charge on any atom is 0.124 e. The molecule has 0 amide bonds. The third-order valence-electron chi connectivity index (χ3n) is 3.34. The Morgan fingerprint density at radius 1 is 1.04 bits per heavy atom. The van der Waals surface area contributed by atoms with Crippen LogP contribution in [0.3, 0.4) is 0 Å². The first kappa shape index (κ1) is 20.0. The molecule has 126 valence electrons. The summed E-state index contributed by atoms with van der Waals surface area (Å²) >= 11 is 3.51. The maximum atomic E-state index is 8.79. The van der Waals surface area contributed by atoms with E-state index in [9.17, 15) is 0 Å². The lowest BCUT2D eigenvalue weighted by atomic mass is 10.2. The van der Waals surface area contributed by atoms with Crippen LogP contribution < -0.4 is 10.1 Å². The molecule has 0 saturated heterocycles. The van der Waals surface area contributed by atoms with Crippen LogP contribution in [0.4, 0.5) is 0 Å². The van der Waals surface area contributed by atoms with Crippen LogP contribution in [0.15, 0.2) is 53.0 Å². The Balaban J connectivity index is 0.00000264. The van der Waals surface area contributed by atoms with E-state index >= 15 is 0 Å². The Hall–Kier alpha value is -1.07. The summed E-state index contributed by atoms with van der Waals surface area (Å²) in [6, 6.07) is 16.2. The molecule has 2 aromatic carbocycles. The molecule has 0 unspecified atom stereocenters. The first-order chi connectivity index (χ1) is 10.8. The largest absolute Gasteiger partial charge is 0.489 e. The molecule has 5 heteroatoms. The molecular formula is C18H23BrClNO2. The molecule has 23 heavy (non-hydrogen) atoms. The molecule has 2 aromatic rings. The fourth-order valence-electron chi connectivity index (χ4n) is 2.15. The number of ether oxygens (including phenoxy) is 1. The van der Waals surface area contributed by atoms with Crippen molar-refractivity contribution in [3.63, 3.8) is 0 Å². The van der Waals surface area contributed by atoms with Crippen molar-refractivity contribution in [2.75, 3.05) is 13.2 Å². The molecule has 0 aromatic heterocycles. The maximum absolute atomic E-state index is 8.79. The minimum Gasteiger partial charge on any atom is -0.489 e. The number of hydrogen-bond acceptors (Lipinski definition) is 3. The Morgan fingerprint density at radius 3 is 2.57 bits per heavy atom. The Bertz CT molecular complexity index is 566. The molecule has 2 N–H and O–H groups in total. The molecule has 0 bridgehead atoms. The van der Waals surface area contributed by atoms with Crippen LogP contribution in [0, 0.1) is 0 Å². The Labute approximate surface area is 152 Å². The zero-order valence-corrected chi connectivity index (χ0v) is 15.4. The van der Waals surface area contributed by atoms with Gasteiger partial charge >= 0.3 is 0 Å². The molecular weight excluding hydrogens is 378 g/mol. The molecule has 0 spiro atoms. The van der Waals surface area contributed by atoms with Crippen molar-refractivity contribution >= 4 is 28.3 Å². The molecule has 0 aliphatic carbocycles. The van der Waals surface area contributed by atoms with Gasteiger partial charge in [-0.25, -0.2) is 0 Å². The van der Waals surface area contributed by atoms with Gasteiger partial charge in [-0.15, -0.1) is 12.4 Å². The van der Waals surface area contributed by atoms with Gasteiger partial charge in [0.25, 0.3) is 0 Å². The van der Waals surface area contributed by atoms with E-state index < -0.39 is 0 Å². The molecule has 2 rings (SSSR count). The monoisotopic (exact) mass is 399 g/mol. The van der Waals surface area contributed by atoms with E-state index in [0.29, 0.717) is 6.61 Å². The number of nitrogens with one attached hydrogen (secondary N) is 1. The van der Waals surface area contributed by atoms with Crippen molar-refractivity contribution in [1.29, 1.82) is 0 Å². The second-order valence-corrected chi connectivity index (χ2v) is 6.05. The van der Waals surface area contributed by atoms with Crippen molar-refractivity contribution in [2.24, 2.45) is 0 Å². The van der Waals surface area contributed by atoms with E-state index in [-0.39, 0.29) is 19.0 Å². The summed E-state index contributed by atoms with van der Waals surface area (Å²) in [5, 5.41) is 12.2. The van der Waals surface area contributed by atoms with Gasteiger partial charge in [-0.2, -0.15) is 0 Å². The summed E-state index contributed by atoms with van der Waals surface area (Å²) in [6.07, 6.45) is 1.81. The molecule has 3 nitrogen and oxygen atoms in total. The van der Waals surface area contributed by atoms with E-state index in [0.717, 1.165) is 47.3 Å². The number of unbranched alkanes of at least 4 members (excludes halogenated alkanes) is 1. The normalized spacial score (nSPS) is 10.2. The van der Waals surface area contributed by atoms with Crippen molar-refractivity contribution < 1.29 is 9.84 Å². The Kier molecular flexibility index (Phi) is 9.96. The van der Waals surface area contributed by atoms with Gasteiger partial charge in [0.15, 0.2) is 0 Å². The highest BCUT2D eigenvalue weighted by atomic mass is 79.9. The molecule has 0 aliphatic heterocycles. The number of benzene rings is 2. The third kappa shape index (κ3) is 7.36. The van der Waals surface area contributed by atoms with Gasteiger partial charge in [-0.1, -0.05) is 46.3 Å². The highest BCUT2D eigenvalue weighted by Gasteiger charge is 2.05. The standard InChI is InChI=1S/C18H22BrNO2.ClH/c19-17-8-9-18(22-14-15-6-2-1-3-7-15)16(12-17)13-20-10-4-5-11-21;/h1-3,6-9,12,20-21H,4-5,10-11,13-14H2;1H. The number of hydrogen-bond donors (Lipinski definition) is 2. The van der Waals surface area contributed by atoms with Gasteiger partial charge < -0.3 is 15.2 Å². The second-order valence-electron chi connectivity index (χ2n) is 5.13. The fourth-order valence-corrected chi connectivity index (χ4v) is 2.56. The summed E-state index contributed by atoms with van der Waals surface area (Å²) < 4.78 is 7.00. The van der Waals surface area contributed by atoms with Crippen LogP contribution in [-0.2, 0) is 13.2 Å². The van der Waals surface area contributed by atoms with Crippen LogP contribution in [0.1, 0.15) is 24.0 Å². The van der Waals surface area contributed by atoms with Gasteiger partial charge in [-0.3, -0.25) is 0 Å². The van der Waals surface area contributed by atoms with Gasteiger partial charge in [-0.05, 0) is 43.1 Å². The van der Waals surface area contributed by atoms with E-state index in [1.807, 2.05) is 30.3 Å². The van der Waals surface area contributed by atoms with Gasteiger partial charge in [0.2, 0.25) is 0 Å².